The van der Waals surface area contributed by atoms with Gasteiger partial charge >= 0.3 is 6.18 Å². The molecular weight excluding hydrogens is 491 g/mol. The van der Waals surface area contributed by atoms with Crippen molar-refractivity contribution in [2.45, 2.75) is 18.6 Å². The molecule has 1 amide bonds. The number of rotatable bonds is 6. The lowest BCUT2D eigenvalue weighted by atomic mass is 10.0. The molecule has 2 unspecified atom stereocenters. The van der Waals surface area contributed by atoms with Crippen molar-refractivity contribution in [3.63, 3.8) is 0 Å². The molecule has 3 aromatic rings. The third kappa shape index (κ3) is 5.00. The summed E-state index contributed by atoms with van der Waals surface area (Å²) in [5, 5.41) is 4.31. The van der Waals surface area contributed by atoms with Gasteiger partial charge in [0.25, 0.3) is 5.91 Å². The first-order valence-electron chi connectivity index (χ1n) is 11.9. The van der Waals surface area contributed by atoms with Crippen LogP contribution in [-0.4, -0.2) is 58.2 Å². The SMILES string of the molecule is N[C@@H](CCN1CC2CN(C(=O)c3cnn(-c4ccc(Cl)cc4)c3C(F)(F)F)CC2C1)c1ccccc1. The Bertz CT molecular complexity index is 1200. The molecule has 36 heavy (non-hydrogen) atoms. The second-order valence-electron chi connectivity index (χ2n) is 9.59. The number of carbonyl (C=O) groups excluding carboxylic acids is 1. The van der Waals surface area contributed by atoms with Crippen LogP contribution >= 0.6 is 11.6 Å². The first-order chi connectivity index (χ1) is 17.2. The predicted octanol–water partition coefficient (Wildman–Crippen LogP) is 4.64. The lowest BCUT2D eigenvalue weighted by Gasteiger charge is -2.23. The van der Waals surface area contributed by atoms with E-state index < -0.39 is 23.3 Å². The number of fused-ring (bicyclic) bond motifs is 1. The molecule has 1 aromatic heterocycles. The van der Waals surface area contributed by atoms with E-state index >= 15 is 0 Å². The maximum Gasteiger partial charge on any atom is 0.434 e. The zero-order valence-electron chi connectivity index (χ0n) is 19.5. The molecule has 0 aliphatic carbocycles. The molecule has 3 atom stereocenters. The van der Waals surface area contributed by atoms with Crippen molar-refractivity contribution < 1.29 is 18.0 Å². The molecule has 3 heterocycles. The van der Waals surface area contributed by atoms with Gasteiger partial charge in [-0.15, -0.1) is 0 Å². The number of nitrogens with zero attached hydrogens (tertiary/aromatic N) is 4. The van der Waals surface area contributed by atoms with E-state index in [0.29, 0.717) is 18.1 Å². The fraction of sp³-hybridized carbons (Fsp3) is 0.385. The molecule has 2 aromatic carbocycles. The molecule has 2 fully saturated rings. The van der Waals surface area contributed by atoms with Gasteiger partial charge in [0, 0.05) is 37.2 Å². The Balaban J connectivity index is 1.24. The van der Waals surface area contributed by atoms with Crippen LogP contribution in [0, 0.1) is 11.8 Å². The molecule has 2 saturated heterocycles. The van der Waals surface area contributed by atoms with Crippen molar-refractivity contribution >= 4 is 17.5 Å². The Labute approximate surface area is 212 Å². The van der Waals surface area contributed by atoms with E-state index in [1.807, 2.05) is 30.3 Å². The van der Waals surface area contributed by atoms with Crippen LogP contribution in [0.3, 0.4) is 0 Å². The summed E-state index contributed by atoms with van der Waals surface area (Å²) in [6.07, 6.45) is -2.90. The second-order valence-corrected chi connectivity index (χ2v) is 10.0. The average Bonchev–Trinajstić information content (AvgIpc) is 3.56. The Morgan fingerprint density at radius 2 is 1.67 bits per heavy atom. The minimum Gasteiger partial charge on any atom is -0.338 e. The smallest absolute Gasteiger partial charge is 0.338 e. The maximum absolute atomic E-state index is 14.0. The van der Waals surface area contributed by atoms with Crippen molar-refractivity contribution in [3.05, 3.63) is 82.6 Å². The van der Waals surface area contributed by atoms with Crippen LogP contribution in [-0.2, 0) is 6.18 Å². The Hall–Kier alpha value is -2.88. The molecule has 2 aliphatic heterocycles. The molecule has 10 heteroatoms. The summed E-state index contributed by atoms with van der Waals surface area (Å²) >= 11 is 5.87. The number of amides is 1. The van der Waals surface area contributed by atoms with Gasteiger partial charge in [-0.3, -0.25) is 4.79 Å². The molecule has 0 saturated carbocycles. The summed E-state index contributed by atoms with van der Waals surface area (Å²) in [6.45, 7) is 3.35. The van der Waals surface area contributed by atoms with Crippen molar-refractivity contribution in [2.24, 2.45) is 17.6 Å². The largest absolute Gasteiger partial charge is 0.434 e. The summed E-state index contributed by atoms with van der Waals surface area (Å²) in [4.78, 5) is 17.1. The number of hydrogen-bond donors (Lipinski definition) is 1. The lowest BCUT2D eigenvalue weighted by molar-refractivity contribution is -0.143. The van der Waals surface area contributed by atoms with Gasteiger partial charge in [-0.1, -0.05) is 41.9 Å². The van der Waals surface area contributed by atoms with Crippen molar-refractivity contribution in [1.82, 2.24) is 19.6 Å². The third-order valence-corrected chi connectivity index (χ3v) is 7.42. The first kappa shape index (κ1) is 24.8. The Kier molecular flexibility index (Phi) is 6.80. The molecule has 0 radical (unpaired) electrons. The number of halogens is 4. The van der Waals surface area contributed by atoms with Gasteiger partial charge in [0.1, 0.15) is 0 Å². The van der Waals surface area contributed by atoms with Crippen LogP contribution in [0.25, 0.3) is 5.69 Å². The number of likely N-dealkylation sites (tertiary alicyclic amines) is 2. The highest BCUT2D eigenvalue weighted by molar-refractivity contribution is 6.30. The molecule has 0 spiro atoms. The van der Waals surface area contributed by atoms with Gasteiger partial charge in [-0.05, 0) is 54.6 Å². The van der Waals surface area contributed by atoms with E-state index in [4.69, 9.17) is 17.3 Å². The van der Waals surface area contributed by atoms with Crippen LogP contribution in [0.4, 0.5) is 13.2 Å². The maximum atomic E-state index is 14.0. The molecule has 190 valence electrons. The summed E-state index contributed by atoms with van der Waals surface area (Å²) in [6, 6.07) is 15.8. The molecule has 5 rings (SSSR count). The molecular formula is C26H27ClF3N5O. The van der Waals surface area contributed by atoms with E-state index in [1.165, 1.54) is 24.3 Å². The molecule has 0 bridgehead atoms. The van der Waals surface area contributed by atoms with E-state index in [2.05, 4.69) is 10.00 Å². The summed E-state index contributed by atoms with van der Waals surface area (Å²) in [7, 11) is 0. The molecule has 6 nitrogen and oxygen atoms in total. The zero-order valence-corrected chi connectivity index (χ0v) is 20.3. The normalized spacial score (nSPS) is 21.1. The monoisotopic (exact) mass is 517 g/mol. The van der Waals surface area contributed by atoms with Gasteiger partial charge in [-0.2, -0.15) is 18.3 Å². The van der Waals surface area contributed by atoms with Gasteiger partial charge in [0.05, 0.1) is 17.4 Å². The topological polar surface area (TPSA) is 67.4 Å². The number of hydrogen-bond acceptors (Lipinski definition) is 4. The van der Waals surface area contributed by atoms with Crippen LogP contribution in [0.2, 0.25) is 5.02 Å². The van der Waals surface area contributed by atoms with Gasteiger partial charge in [-0.25, -0.2) is 4.68 Å². The minimum absolute atomic E-state index is 0.0392. The number of alkyl halides is 3. The fourth-order valence-corrected chi connectivity index (χ4v) is 5.48. The quantitative estimate of drug-likeness (QED) is 0.517. The number of nitrogens with two attached hydrogens (primary N) is 1. The standard InChI is InChI=1S/C26H27ClF3N5O/c27-20-6-8-21(9-7-20)35-24(26(28,29)30)22(12-32-35)25(36)34-15-18-13-33(14-19(18)16-34)11-10-23(31)17-4-2-1-3-5-17/h1-9,12,18-19,23H,10-11,13-16,31H2/t18?,19?,23-/m0/s1. The number of aromatic nitrogens is 2. The van der Waals surface area contributed by atoms with Crippen LogP contribution in [0.5, 0.6) is 0 Å². The summed E-state index contributed by atoms with van der Waals surface area (Å²) in [5.74, 6) is -0.153. The summed E-state index contributed by atoms with van der Waals surface area (Å²) < 4.78 is 42.9. The van der Waals surface area contributed by atoms with E-state index in [9.17, 15) is 18.0 Å². The zero-order chi connectivity index (χ0) is 25.4. The number of carbonyl (C=O) groups is 1. The Morgan fingerprint density at radius 1 is 1.03 bits per heavy atom. The first-order valence-corrected chi connectivity index (χ1v) is 12.3. The average molecular weight is 518 g/mol. The van der Waals surface area contributed by atoms with Crippen molar-refractivity contribution in [3.8, 4) is 5.69 Å². The highest BCUT2D eigenvalue weighted by Gasteiger charge is 2.45. The van der Waals surface area contributed by atoms with Crippen molar-refractivity contribution in [2.75, 3.05) is 32.7 Å². The minimum atomic E-state index is -4.74. The van der Waals surface area contributed by atoms with Gasteiger partial charge in [0.2, 0.25) is 0 Å². The van der Waals surface area contributed by atoms with E-state index in [-0.39, 0.29) is 23.6 Å². The van der Waals surface area contributed by atoms with Crippen LogP contribution in [0.1, 0.15) is 34.1 Å². The second kappa shape index (κ2) is 9.88. The highest BCUT2D eigenvalue weighted by atomic mass is 35.5. The van der Waals surface area contributed by atoms with Gasteiger partial charge in [0.15, 0.2) is 5.69 Å². The van der Waals surface area contributed by atoms with Gasteiger partial charge < -0.3 is 15.5 Å². The van der Waals surface area contributed by atoms with E-state index in [0.717, 1.165) is 42.5 Å². The molecule has 2 N–H and O–H groups in total. The third-order valence-electron chi connectivity index (χ3n) is 7.17. The fourth-order valence-electron chi connectivity index (χ4n) is 5.35. The van der Waals surface area contributed by atoms with E-state index in [1.54, 1.807) is 4.90 Å². The summed E-state index contributed by atoms with van der Waals surface area (Å²) in [5.41, 5.74) is 6.13. The van der Waals surface area contributed by atoms with Crippen LogP contribution in [0.15, 0.2) is 60.8 Å². The highest BCUT2D eigenvalue weighted by Crippen LogP contribution is 2.37. The lowest BCUT2D eigenvalue weighted by Crippen LogP contribution is -2.35. The molecule has 2 aliphatic rings. The van der Waals surface area contributed by atoms with Crippen LogP contribution < -0.4 is 5.73 Å². The predicted molar refractivity (Wildman–Crippen MR) is 131 cm³/mol. The number of benzene rings is 2. The van der Waals surface area contributed by atoms with Crippen molar-refractivity contribution in [1.29, 1.82) is 0 Å². The Morgan fingerprint density at radius 3 is 2.28 bits per heavy atom.